The van der Waals surface area contributed by atoms with Gasteiger partial charge < -0.3 is 4.57 Å². The highest BCUT2D eigenvalue weighted by Gasteiger charge is 2.13. The molecule has 0 aliphatic heterocycles. The van der Waals surface area contributed by atoms with Crippen molar-refractivity contribution in [3.05, 3.63) is 57.9 Å². The Hall–Kier alpha value is -1.50. The van der Waals surface area contributed by atoms with E-state index >= 15 is 0 Å². The van der Waals surface area contributed by atoms with Crippen LogP contribution in [0, 0.1) is 13.8 Å². The van der Waals surface area contributed by atoms with Crippen LogP contribution >= 0.6 is 34.9 Å². The van der Waals surface area contributed by atoms with Crippen molar-refractivity contribution >= 4 is 51.0 Å². The van der Waals surface area contributed by atoms with Crippen molar-refractivity contribution in [2.75, 3.05) is 18.3 Å². The number of fused-ring (bicyclic) bond motifs is 1. The van der Waals surface area contributed by atoms with Crippen molar-refractivity contribution in [3.63, 3.8) is 0 Å². The third kappa shape index (κ3) is 3.92. The van der Waals surface area contributed by atoms with Gasteiger partial charge in [-0.25, -0.2) is 0 Å². The minimum absolute atomic E-state index is 0.172. The largest absolute Gasteiger partial charge is 0.315 e. The maximum Gasteiger partial charge on any atom is 0.280 e. The first-order valence-electron chi connectivity index (χ1n) is 8.36. The van der Waals surface area contributed by atoms with Crippen molar-refractivity contribution in [2.45, 2.75) is 25.3 Å². The fraction of sp³-hybridized carbons (Fsp3) is 0.300. The van der Waals surface area contributed by atoms with Gasteiger partial charge in [0.25, 0.3) is 5.91 Å². The molecule has 0 unspecified atom stereocenters. The number of benzene rings is 2. The topological polar surface area (TPSA) is 34.4 Å². The van der Waals surface area contributed by atoms with Crippen LogP contribution in [0.4, 0.5) is 0 Å². The number of hydrogen-bond acceptors (Lipinski definition) is 4. The molecule has 136 valence electrons. The molecule has 3 aromatic rings. The van der Waals surface area contributed by atoms with Gasteiger partial charge in [0, 0.05) is 17.2 Å². The lowest BCUT2D eigenvalue weighted by molar-refractivity contribution is 0.0995. The van der Waals surface area contributed by atoms with Crippen LogP contribution in [0.25, 0.3) is 10.2 Å². The summed E-state index contributed by atoms with van der Waals surface area (Å²) in [6, 6.07) is 12.0. The van der Waals surface area contributed by atoms with Crippen LogP contribution in [0.5, 0.6) is 0 Å². The standard InChI is InChI=1S/C20H22N2OS3/c1-13-11-14(2)18-16(12-13)22(9-10-24-3)20(26-18)21-19(23)15-7-5-6-8-17(15)25-4/h5-8,11-12H,9-10H2,1-4H3. The zero-order chi connectivity index (χ0) is 18.7. The average molecular weight is 403 g/mol. The molecule has 1 aromatic heterocycles. The van der Waals surface area contributed by atoms with Gasteiger partial charge in [-0.2, -0.15) is 16.8 Å². The predicted molar refractivity (Wildman–Crippen MR) is 116 cm³/mol. The molecule has 26 heavy (non-hydrogen) atoms. The summed E-state index contributed by atoms with van der Waals surface area (Å²) in [6.45, 7) is 5.08. The molecule has 0 atom stereocenters. The van der Waals surface area contributed by atoms with E-state index in [0.29, 0.717) is 5.56 Å². The summed E-state index contributed by atoms with van der Waals surface area (Å²) >= 11 is 4.98. The van der Waals surface area contributed by atoms with Gasteiger partial charge in [0.05, 0.1) is 15.8 Å². The van der Waals surface area contributed by atoms with Crippen LogP contribution in [0.3, 0.4) is 0 Å². The first-order valence-corrected chi connectivity index (χ1v) is 11.8. The molecule has 0 radical (unpaired) electrons. The Morgan fingerprint density at radius 3 is 2.69 bits per heavy atom. The Morgan fingerprint density at radius 2 is 1.96 bits per heavy atom. The summed E-state index contributed by atoms with van der Waals surface area (Å²) in [7, 11) is 0. The molecular formula is C20H22N2OS3. The molecule has 2 aromatic carbocycles. The normalized spacial score (nSPS) is 12.1. The molecule has 0 bridgehead atoms. The van der Waals surface area contributed by atoms with Gasteiger partial charge >= 0.3 is 0 Å². The second-order valence-corrected chi connectivity index (χ2v) is 8.89. The van der Waals surface area contributed by atoms with E-state index in [2.05, 4.69) is 41.8 Å². The molecule has 3 nitrogen and oxygen atoms in total. The molecule has 0 spiro atoms. The lowest BCUT2D eigenvalue weighted by Gasteiger charge is -2.06. The fourth-order valence-corrected chi connectivity index (χ4v) is 5.02. The van der Waals surface area contributed by atoms with Gasteiger partial charge in [-0.3, -0.25) is 4.79 Å². The van der Waals surface area contributed by atoms with Crippen LogP contribution in [0.1, 0.15) is 21.5 Å². The molecule has 0 saturated carbocycles. The highest BCUT2D eigenvalue weighted by molar-refractivity contribution is 7.98. The number of thiazole rings is 1. The van der Waals surface area contributed by atoms with Crippen molar-refractivity contribution in [1.29, 1.82) is 0 Å². The van der Waals surface area contributed by atoms with E-state index in [1.165, 1.54) is 21.3 Å². The van der Waals surface area contributed by atoms with E-state index in [1.807, 2.05) is 30.5 Å². The van der Waals surface area contributed by atoms with E-state index in [4.69, 9.17) is 0 Å². The Morgan fingerprint density at radius 1 is 1.19 bits per heavy atom. The Balaban J connectivity index is 2.18. The number of aromatic nitrogens is 1. The van der Waals surface area contributed by atoms with Gasteiger partial charge in [-0.1, -0.05) is 29.5 Å². The molecule has 0 saturated heterocycles. The van der Waals surface area contributed by atoms with Crippen molar-refractivity contribution in [3.8, 4) is 0 Å². The van der Waals surface area contributed by atoms with E-state index in [0.717, 1.165) is 22.0 Å². The third-order valence-electron chi connectivity index (χ3n) is 4.17. The molecule has 0 aliphatic carbocycles. The maximum absolute atomic E-state index is 12.9. The SMILES string of the molecule is CSCCn1c(=NC(=O)c2ccccc2SC)sc2c(C)cc(C)cc21. The highest BCUT2D eigenvalue weighted by Crippen LogP contribution is 2.24. The van der Waals surface area contributed by atoms with Crippen LogP contribution in [-0.2, 0) is 6.54 Å². The number of nitrogens with zero attached hydrogens (tertiary/aromatic N) is 2. The number of thioether (sulfide) groups is 2. The number of rotatable bonds is 5. The highest BCUT2D eigenvalue weighted by atomic mass is 32.2. The monoisotopic (exact) mass is 402 g/mol. The van der Waals surface area contributed by atoms with Crippen LogP contribution < -0.4 is 4.80 Å². The lowest BCUT2D eigenvalue weighted by atomic mass is 10.1. The third-order valence-corrected chi connectivity index (χ3v) is 6.78. The fourth-order valence-electron chi connectivity index (χ4n) is 2.96. The number of carbonyl (C=O) groups excluding carboxylic acids is 1. The van der Waals surface area contributed by atoms with Crippen molar-refractivity contribution in [2.24, 2.45) is 4.99 Å². The van der Waals surface area contributed by atoms with Crippen LogP contribution in [0.15, 0.2) is 46.3 Å². The maximum atomic E-state index is 12.9. The molecule has 6 heteroatoms. The molecule has 3 rings (SSSR count). The van der Waals surface area contributed by atoms with Gasteiger partial charge in [-0.15, -0.1) is 11.8 Å². The Bertz CT molecular complexity index is 1020. The Kier molecular flexibility index (Phi) is 6.27. The number of aryl methyl sites for hydroxylation is 3. The zero-order valence-electron chi connectivity index (χ0n) is 15.4. The minimum atomic E-state index is -0.172. The second-order valence-electron chi connectivity index (χ2n) is 6.08. The van der Waals surface area contributed by atoms with Crippen molar-refractivity contribution in [1.82, 2.24) is 4.57 Å². The second kappa shape index (κ2) is 8.46. The summed E-state index contributed by atoms with van der Waals surface area (Å²) in [5, 5.41) is 0. The van der Waals surface area contributed by atoms with Crippen LogP contribution in [-0.4, -0.2) is 28.7 Å². The van der Waals surface area contributed by atoms with Crippen LogP contribution in [0.2, 0.25) is 0 Å². The van der Waals surface area contributed by atoms with Crippen molar-refractivity contribution < 1.29 is 4.79 Å². The summed E-state index contributed by atoms with van der Waals surface area (Å²) in [6.07, 6.45) is 4.08. The molecule has 0 fully saturated rings. The molecular weight excluding hydrogens is 380 g/mol. The smallest absolute Gasteiger partial charge is 0.280 e. The molecule has 0 aliphatic rings. The van der Waals surface area contributed by atoms with E-state index in [-0.39, 0.29) is 5.91 Å². The molecule has 0 N–H and O–H groups in total. The summed E-state index contributed by atoms with van der Waals surface area (Å²) in [5.41, 5.74) is 4.31. The predicted octanol–water partition coefficient (Wildman–Crippen LogP) is 5.15. The zero-order valence-corrected chi connectivity index (χ0v) is 17.9. The number of carbonyl (C=O) groups is 1. The Labute approximate surface area is 166 Å². The van der Waals surface area contributed by atoms with E-state index in [9.17, 15) is 4.79 Å². The average Bonchev–Trinajstić information content (AvgIpc) is 2.97. The first kappa shape index (κ1) is 19.3. The molecule has 1 heterocycles. The quantitative estimate of drug-likeness (QED) is 0.554. The number of hydrogen-bond donors (Lipinski definition) is 0. The van der Waals surface area contributed by atoms with Gasteiger partial charge in [0.2, 0.25) is 0 Å². The van der Waals surface area contributed by atoms with Gasteiger partial charge in [0.15, 0.2) is 4.80 Å². The summed E-state index contributed by atoms with van der Waals surface area (Å²) < 4.78 is 3.40. The molecule has 1 amide bonds. The lowest BCUT2D eigenvalue weighted by Crippen LogP contribution is -2.18. The summed E-state index contributed by atoms with van der Waals surface area (Å²) in [5.74, 6) is 0.815. The number of amides is 1. The van der Waals surface area contributed by atoms with E-state index < -0.39 is 0 Å². The minimum Gasteiger partial charge on any atom is -0.315 e. The summed E-state index contributed by atoms with van der Waals surface area (Å²) in [4.78, 5) is 19.1. The van der Waals surface area contributed by atoms with Gasteiger partial charge in [-0.05, 0) is 55.7 Å². The van der Waals surface area contributed by atoms with E-state index in [1.54, 1.807) is 34.9 Å². The first-order chi connectivity index (χ1) is 12.5. The van der Waals surface area contributed by atoms with Gasteiger partial charge in [0.1, 0.15) is 0 Å².